The van der Waals surface area contributed by atoms with Crippen LogP contribution in [0.25, 0.3) is 5.69 Å². The zero-order valence-corrected chi connectivity index (χ0v) is 14.2. The van der Waals surface area contributed by atoms with Gasteiger partial charge in [0.2, 0.25) is 0 Å². The summed E-state index contributed by atoms with van der Waals surface area (Å²) in [5, 5.41) is 9.28. The Morgan fingerprint density at radius 3 is 2.87 bits per heavy atom. The van der Waals surface area contributed by atoms with Crippen molar-refractivity contribution in [2.24, 2.45) is 5.92 Å². The van der Waals surface area contributed by atoms with Gasteiger partial charge in [-0.15, -0.1) is 5.10 Å². The number of rotatable bonds is 5. The molecule has 0 bridgehead atoms. The zero-order valence-electron chi connectivity index (χ0n) is 13.5. The van der Waals surface area contributed by atoms with Gasteiger partial charge in [-0.05, 0) is 49.6 Å². The van der Waals surface area contributed by atoms with E-state index >= 15 is 0 Å². The van der Waals surface area contributed by atoms with Crippen molar-refractivity contribution < 1.29 is 4.74 Å². The van der Waals surface area contributed by atoms with Gasteiger partial charge in [0, 0.05) is 25.2 Å². The molecule has 0 radical (unpaired) electrons. The van der Waals surface area contributed by atoms with Crippen molar-refractivity contribution >= 4 is 11.6 Å². The van der Waals surface area contributed by atoms with Gasteiger partial charge in [-0.1, -0.05) is 23.2 Å². The highest BCUT2D eigenvalue weighted by Gasteiger charge is 2.19. The molecule has 1 fully saturated rings. The monoisotopic (exact) mass is 334 g/mol. The van der Waals surface area contributed by atoms with Crippen LogP contribution in [0.2, 0.25) is 5.02 Å². The first-order chi connectivity index (χ1) is 11.2. The standard InChI is InChI=1S/C17H23ClN4O/c1-23-13-14-4-2-3-9-21(10-14)11-16-12-22(20-19-16)17-7-5-15(18)6-8-17/h5-8,12,14H,2-4,9-11,13H2,1H3/t14-/m1/s1. The average Bonchev–Trinajstić information content (AvgIpc) is 2.89. The van der Waals surface area contributed by atoms with Crippen LogP contribution in [0.4, 0.5) is 0 Å². The maximum atomic E-state index is 5.93. The van der Waals surface area contributed by atoms with Crippen LogP contribution in [0.3, 0.4) is 0 Å². The summed E-state index contributed by atoms with van der Waals surface area (Å²) in [4.78, 5) is 2.47. The first-order valence-corrected chi connectivity index (χ1v) is 8.51. The largest absolute Gasteiger partial charge is 0.384 e. The number of ether oxygens (including phenoxy) is 1. The number of benzene rings is 1. The lowest BCUT2D eigenvalue weighted by Gasteiger charge is -2.22. The molecule has 6 heteroatoms. The number of hydrogen-bond acceptors (Lipinski definition) is 4. The minimum Gasteiger partial charge on any atom is -0.384 e. The predicted octanol–water partition coefficient (Wildman–Crippen LogP) is 3.17. The third-order valence-electron chi connectivity index (χ3n) is 4.27. The van der Waals surface area contributed by atoms with Crippen LogP contribution in [0.1, 0.15) is 25.0 Å². The van der Waals surface area contributed by atoms with Gasteiger partial charge in [-0.2, -0.15) is 0 Å². The van der Waals surface area contributed by atoms with E-state index in [1.54, 1.807) is 11.8 Å². The van der Waals surface area contributed by atoms with Crippen LogP contribution in [0.5, 0.6) is 0 Å². The van der Waals surface area contributed by atoms with E-state index in [4.69, 9.17) is 16.3 Å². The lowest BCUT2D eigenvalue weighted by Crippen LogP contribution is -2.29. The van der Waals surface area contributed by atoms with E-state index in [-0.39, 0.29) is 0 Å². The molecule has 0 aliphatic carbocycles. The number of nitrogens with zero attached hydrogens (tertiary/aromatic N) is 4. The van der Waals surface area contributed by atoms with E-state index in [1.165, 1.54) is 19.3 Å². The highest BCUT2D eigenvalue weighted by Crippen LogP contribution is 2.19. The second-order valence-corrected chi connectivity index (χ2v) is 6.62. The Hall–Kier alpha value is -1.43. The predicted molar refractivity (Wildman–Crippen MR) is 90.9 cm³/mol. The number of methoxy groups -OCH3 is 1. The molecule has 1 atom stereocenters. The first-order valence-electron chi connectivity index (χ1n) is 8.13. The quantitative estimate of drug-likeness (QED) is 0.842. The molecular formula is C17H23ClN4O. The number of hydrogen-bond donors (Lipinski definition) is 0. The van der Waals surface area contributed by atoms with Gasteiger partial charge in [0.25, 0.3) is 0 Å². The Morgan fingerprint density at radius 1 is 1.26 bits per heavy atom. The normalized spacial score (nSPS) is 19.7. The fourth-order valence-corrected chi connectivity index (χ4v) is 3.28. The van der Waals surface area contributed by atoms with Crippen molar-refractivity contribution in [3.8, 4) is 5.69 Å². The molecule has 1 saturated heterocycles. The van der Waals surface area contributed by atoms with E-state index in [1.807, 2.05) is 30.5 Å². The van der Waals surface area contributed by atoms with Gasteiger partial charge >= 0.3 is 0 Å². The molecule has 0 N–H and O–H groups in total. The van der Waals surface area contributed by atoms with Gasteiger partial charge in [0.1, 0.15) is 0 Å². The van der Waals surface area contributed by atoms with Crippen LogP contribution in [-0.4, -0.2) is 46.7 Å². The van der Waals surface area contributed by atoms with Gasteiger partial charge in [-0.3, -0.25) is 4.90 Å². The van der Waals surface area contributed by atoms with Crippen molar-refractivity contribution in [2.45, 2.75) is 25.8 Å². The minimum atomic E-state index is 0.619. The van der Waals surface area contributed by atoms with Crippen LogP contribution >= 0.6 is 11.6 Å². The molecule has 124 valence electrons. The first kappa shape index (κ1) is 16.4. The fraction of sp³-hybridized carbons (Fsp3) is 0.529. The van der Waals surface area contributed by atoms with E-state index < -0.39 is 0 Å². The smallest absolute Gasteiger partial charge is 0.0971 e. The SMILES string of the molecule is COC[C@@H]1CCCCN(Cc2cn(-c3ccc(Cl)cc3)nn2)C1. The Labute approximate surface area is 142 Å². The summed E-state index contributed by atoms with van der Waals surface area (Å²) in [7, 11) is 1.78. The van der Waals surface area contributed by atoms with Crippen molar-refractivity contribution in [1.82, 2.24) is 19.9 Å². The number of likely N-dealkylation sites (tertiary alicyclic amines) is 1. The fourth-order valence-electron chi connectivity index (χ4n) is 3.15. The summed E-state index contributed by atoms with van der Waals surface area (Å²) >= 11 is 5.93. The highest BCUT2D eigenvalue weighted by atomic mass is 35.5. The summed E-state index contributed by atoms with van der Waals surface area (Å²) in [6, 6.07) is 7.62. The molecular weight excluding hydrogens is 312 g/mol. The van der Waals surface area contributed by atoms with E-state index in [0.29, 0.717) is 5.92 Å². The lowest BCUT2D eigenvalue weighted by molar-refractivity contribution is 0.123. The topological polar surface area (TPSA) is 43.2 Å². The van der Waals surface area contributed by atoms with Crippen LogP contribution < -0.4 is 0 Å². The molecule has 2 aromatic rings. The van der Waals surface area contributed by atoms with Crippen molar-refractivity contribution in [1.29, 1.82) is 0 Å². The van der Waals surface area contributed by atoms with Gasteiger partial charge in [0.15, 0.2) is 0 Å². The molecule has 1 aromatic carbocycles. The molecule has 23 heavy (non-hydrogen) atoms. The summed E-state index contributed by atoms with van der Waals surface area (Å²) < 4.78 is 7.14. The summed E-state index contributed by atoms with van der Waals surface area (Å²) in [6.07, 6.45) is 5.77. The molecule has 1 aromatic heterocycles. The number of aromatic nitrogens is 3. The third kappa shape index (κ3) is 4.53. The van der Waals surface area contributed by atoms with Crippen molar-refractivity contribution in [3.63, 3.8) is 0 Å². The van der Waals surface area contributed by atoms with E-state index in [9.17, 15) is 0 Å². The van der Waals surface area contributed by atoms with Gasteiger partial charge < -0.3 is 4.74 Å². The third-order valence-corrected chi connectivity index (χ3v) is 4.53. The Bertz CT molecular complexity index is 613. The van der Waals surface area contributed by atoms with E-state index in [0.717, 1.165) is 42.6 Å². The second kappa shape index (κ2) is 7.90. The molecule has 2 heterocycles. The molecule has 5 nitrogen and oxygen atoms in total. The van der Waals surface area contributed by atoms with Gasteiger partial charge in [-0.25, -0.2) is 4.68 Å². The molecule has 0 saturated carbocycles. The van der Waals surface area contributed by atoms with Crippen LogP contribution in [-0.2, 0) is 11.3 Å². The highest BCUT2D eigenvalue weighted by molar-refractivity contribution is 6.30. The Morgan fingerprint density at radius 2 is 2.09 bits per heavy atom. The lowest BCUT2D eigenvalue weighted by atomic mass is 10.0. The summed E-state index contributed by atoms with van der Waals surface area (Å²) in [5.41, 5.74) is 1.97. The maximum Gasteiger partial charge on any atom is 0.0971 e. The molecule has 1 aliphatic heterocycles. The van der Waals surface area contributed by atoms with Crippen molar-refractivity contribution in [3.05, 3.63) is 41.2 Å². The molecule has 0 spiro atoms. The molecule has 3 rings (SSSR count). The summed E-state index contributed by atoms with van der Waals surface area (Å²) in [6.45, 7) is 3.87. The Kier molecular flexibility index (Phi) is 5.65. The van der Waals surface area contributed by atoms with E-state index in [2.05, 4.69) is 15.2 Å². The molecule has 1 aliphatic rings. The Balaban J connectivity index is 1.64. The van der Waals surface area contributed by atoms with Crippen LogP contribution in [0.15, 0.2) is 30.5 Å². The average molecular weight is 335 g/mol. The second-order valence-electron chi connectivity index (χ2n) is 6.18. The van der Waals surface area contributed by atoms with Crippen molar-refractivity contribution in [2.75, 3.05) is 26.8 Å². The minimum absolute atomic E-state index is 0.619. The maximum absolute atomic E-state index is 5.93. The molecule has 0 unspecified atom stereocenters. The molecule has 0 amide bonds. The summed E-state index contributed by atoms with van der Waals surface area (Å²) in [5.74, 6) is 0.619. The van der Waals surface area contributed by atoms with Gasteiger partial charge in [0.05, 0.1) is 24.2 Å². The van der Waals surface area contributed by atoms with Crippen LogP contribution in [0, 0.1) is 5.92 Å². The zero-order chi connectivity index (χ0) is 16.1. The number of halogens is 1.